The first-order chi connectivity index (χ1) is 9.79. The highest BCUT2D eigenvalue weighted by Gasteiger charge is 2.07. The number of para-hydroxylation sites is 1. The summed E-state index contributed by atoms with van der Waals surface area (Å²) in [5, 5.41) is 9.11. The molecule has 0 bridgehead atoms. The van der Waals surface area contributed by atoms with E-state index in [0.717, 1.165) is 30.5 Å². The van der Waals surface area contributed by atoms with E-state index in [1.165, 1.54) is 0 Å². The van der Waals surface area contributed by atoms with Gasteiger partial charge in [-0.25, -0.2) is 4.98 Å². The highest BCUT2D eigenvalue weighted by Crippen LogP contribution is 2.18. The Morgan fingerprint density at radius 2 is 2.25 bits per heavy atom. The number of aromatic nitrogens is 4. The van der Waals surface area contributed by atoms with Crippen molar-refractivity contribution in [1.29, 1.82) is 5.26 Å². The number of benzene rings is 1. The first-order valence-electron chi connectivity index (χ1n) is 6.37. The van der Waals surface area contributed by atoms with Gasteiger partial charge < -0.3 is 14.1 Å². The van der Waals surface area contributed by atoms with Gasteiger partial charge >= 0.3 is 0 Å². The summed E-state index contributed by atoms with van der Waals surface area (Å²) in [5.41, 5.74) is 2.43. The monoisotopic (exact) mass is 283 g/mol. The maximum Gasteiger partial charge on any atom is 0.178 e. The van der Waals surface area contributed by atoms with Gasteiger partial charge in [-0.3, -0.25) is 0 Å². The van der Waals surface area contributed by atoms with E-state index in [4.69, 9.17) is 17.5 Å². The van der Waals surface area contributed by atoms with E-state index in [-0.39, 0.29) is 0 Å². The van der Waals surface area contributed by atoms with E-state index >= 15 is 0 Å². The van der Waals surface area contributed by atoms with Crippen molar-refractivity contribution >= 4 is 23.3 Å². The lowest BCUT2D eigenvalue weighted by molar-refractivity contribution is 0.568. The topological polar surface area (TPSA) is 62.3 Å². The average molecular weight is 283 g/mol. The van der Waals surface area contributed by atoms with E-state index < -0.39 is 0 Å². The van der Waals surface area contributed by atoms with Crippen LogP contribution in [0.5, 0.6) is 0 Å². The zero-order valence-corrected chi connectivity index (χ0v) is 11.6. The van der Waals surface area contributed by atoms with Crippen molar-refractivity contribution < 1.29 is 0 Å². The molecule has 0 aliphatic heterocycles. The predicted octanol–water partition coefficient (Wildman–Crippen LogP) is 2.86. The second-order valence-corrected chi connectivity index (χ2v) is 4.93. The molecule has 20 heavy (non-hydrogen) atoms. The lowest BCUT2D eigenvalue weighted by Gasteiger charge is -2.05. The summed E-state index contributed by atoms with van der Waals surface area (Å²) in [6, 6.07) is 7.85. The third-order valence-corrected chi connectivity index (χ3v) is 3.61. The first-order valence-corrected chi connectivity index (χ1v) is 6.78. The molecule has 0 fully saturated rings. The Labute approximate surface area is 121 Å². The van der Waals surface area contributed by atoms with Crippen molar-refractivity contribution in [2.24, 2.45) is 0 Å². The first kappa shape index (κ1) is 12.6. The predicted molar refractivity (Wildman–Crippen MR) is 78.7 cm³/mol. The fraction of sp³-hybridized carbons (Fsp3) is 0.214. The number of aryl methyl sites for hydroxylation is 2. The molecule has 0 saturated carbocycles. The number of hydrogen-bond acceptors (Lipinski definition) is 3. The largest absolute Gasteiger partial charge is 0.337 e. The standard InChI is InChI=1S/C14H13N5S/c15-9-11-3-1-4-12-13(11)17-14(20)19(12)7-2-6-18-8-5-16-10-18/h1,3-5,8,10H,2,6-7H2,(H,17,20). The van der Waals surface area contributed by atoms with Crippen LogP contribution in [0, 0.1) is 16.1 Å². The van der Waals surface area contributed by atoms with Gasteiger partial charge in [0.25, 0.3) is 0 Å². The van der Waals surface area contributed by atoms with E-state index in [9.17, 15) is 0 Å². The molecular weight excluding hydrogens is 270 g/mol. The number of hydrogen-bond donors (Lipinski definition) is 1. The molecule has 3 aromatic rings. The van der Waals surface area contributed by atoms with E-state index in [1.807, 2.05) is 33.8 Å². The van der Waals surface area contributed by atoms with Crippen LogP contribution in [0.3, 0.4) is 0 Å². The second kappa shape index (κ2) is 5.31. The summed E-state index contributed by atoms with van der Waals surface area (Å²) in [4.78, 5) is 7.15. The molecule has 0 aliphatic rings. The molecule has 3 rings (SSSR count). The lowest BCUT2D eigenvalue weighted by atomic mass is 10.2. The van der Waals surface area contributed by atoms with E-state index in [0.29, 0.717) is 10.3 Å². The van der Waals surface area contributed by atoms with E-state index in [2.05, 4.69) is 16.0 Å². The molecule has 0 radical (unpaired) electrons. The third kappa shape index (κ3) is 2.24. The maximum absolute atomic E-state index is 9.11. The third-order valence-electron chi connectivity index (χ3n) is 3.29. The van der Waals surface area contributed by atoms with Crippen molar-refractivity contribution in [2.75, 3.05) is 0 Å². The van der Waals surface area contributed by atoms with Gasteiger partial charge in [0, 0.05) is 25.5 Å². The molecule has 5 nitrogen and oxygen atoms in total. The Morgan fingerprint density at radius 1 is 1.35 bits per heavy atom. The number of aromatic amines is 1. The minimum absolute atomic E-state index is 0.627. The number of H-pyrrole nitrogens is 1. The van der Waals surface area contributed by atoms with Gasteiger partial charge in [0.15, 0.2) is 4.77 Å². The van der Waals surface area contributed by atoms with Crippen molar-refractivity contribution in [3.05, 3.63) is 47.3 Å². The minimum atomic E-state index is 0.627. The smallest absolute Gasteiger partial charge is 0.178 e. The number of rotatable bonds is 4. The normalized spacial score (nSPS) is 10.8. The summed E-state index contributed by atoms with van der Waals surface area (Å²) in [7, 11) is 0. The quantitative estimate of drug-likeness (QED) is 0.749. The SMILES string of the molecule is N#Cc1cccc2c1[nH]c(=S)n2CCCn1ccnc1. The number of nitriles is 1. The zero-order chi connectivity index (χ0) is 13.9. The maximum atomic E-state index is 9.11. The van der Waals surface area contributed by atoms with Gasteiger partial charge in [0.1, 0.15) is 6.07 Å². The molecule has 6 heteroatoms. The van der Waals surface area contributed by atoms with Crippen LogP contribution in [0.1, 0.15) is 12.0 Å². The molecule has 0 saturated heterocycles. The van der Waals surface area contributed by atoms with E-state index in [1.54, 1.807) is 12.3 Å². The zero-order valence-electron chi connectivity index (χ0n) is 10.8. The van der Waals surface area contributed by atoms with Gasteiger partial charge in [-0.2, -0.15) is 5.26 Å². The van der Waals surface area contributed by atoms with Crippen LogP contribution in [0.25, 0.3) is 11.0 Å². The molecule has 100 valence electrons. The summed E-state index contributed by atoms with van der Waals surface area (Å²) in [5.74, 6) is 0. The molecule has 0 aliphatic carbocycles. The van der Waals surface area contributed by atoms with Crippen LogP contribution in [-0.4, -0.2) is 19.1 Å². The summed E-state index contributed by atoms with van der Waals surface area (Å²) in [6.45, 7) is 1.71. The van der Waals surface area contributed by atoms with Crippen LogP contribution < -0.4 is 0 Å². The van der Waals surface area contributed by atoms with Crippen molar-refractivity contribution in [2.45, 2.75) is 19.5 Å². The number of nitrogens with zero attached hydrogens (tertiary/aromatic N) is 4. The number of fused-ring (bicyclic) bond motifs is 1. The van der Waals surface area contributed by atoms with Crippen LogP contribution in [0.4, 0.5) is 0 Å². The fourth-order valence-corrected chi connectivity index (χ4v) is 2.62. The number of imidazole rings is 2. The van der Waals surface area contributed by atoms with Gasteiger partial charge in [0.05, 0.1) is 22.9 Å². The van der Waals surface area contributed by atoms with Gasteiger partial charge in [-0.05, 0) is 30.8 Å². The molecule has 0 spiro atoms. The average Bonchev–Trinajstić information content (AvgIpc) is 3.07. The Morgan fingerprint density at radius 3 is 3.00 bits per heavy atom. The lowest BCUT2D eigenvalue weighted by Crippen LogP contribution is -2.02. The second-order valence-electron chi connectivity index (χ2n) is 4.55. The highest BCUT2D eigenvalue weighted by molar-refractivity contribution is 7.71. The van der Waals surface area contributed by atoms with Crippen LogP contribution in [-0.2, 0) is 13.1 Å². The van der Waals surface area contributed by atoms with Crippen LogP contribution in [0.2, 0.25) is 0 Å². The van der Waals surface area contributed by atoms with Crippen LogP contribution >= 0.6 is 12.2 Å². The molecule has 0 amide bonds. The number of nitrogens with one attached hydrogen (secondary N) is 1. The van der Waals surface area contributed by atoms with Gasteiger partial charge in [-0.15, -0.1) is 0 Å². The Balaban J connectivity index is 1.86. The molecule has 2 aromatic heterocycles. The molecule has 0 unspecified atom stereocenters. The van der Waals surface area contributed by atoms with Crippen molar-refractivity contribution in [1.82, 2.24) is 19.1 Å². The molecule has 1 N–H and O–H groups in total. The van der Waals surface area contributed by atoms with Crippen molar-refractivity contribution in [3.8, 4) is 6.07 Å². The molecular formula is C14H13N5S. The summed E-state index contributed by atoms with van der Waals surface area (Å²) >= 11 is 5.35. The molecule has 0 atom stereocenters. The van der Waals surface area contributed by atoms with Crippen molar-refractivity contribution in [3.63, 3.8) is 0 Å². The Hall–Kier alpha value is -2.39. The fourth-order valence-electron chi connectivity index (χ4n) is 2.33. The van der Waals surface area contributed by atoms with Crippen LogP contribution in [0.15, 0.2) is 36.9 Å². The Kier molecular flexibility index (Phi) is 3.35. The molecule has 1 aromatic carbocycles. The summed E-state index contributed by atoms with van der Waals surface area (Å²) in [6.07, 6.45) is 6.48. The minimum Gasteiger partial charge on any atom is -0.337 e. The summed E-state index contributed by atoms with van der Waals surface area (Å²) < 4.78 is 4.75. The van der Waals surface area contributed by atoms with Gasteiger partial charge in [0.2, 0.25) is 0 Å². The Bertz CT molecular complexity index is 819. The highest BCUT2D eigenvalue weighted by atomic mass is 32.1. The van der Waals surface area contributed by atoms with Gasteiger partial charge in [-0.1, -0.05) is 6.07 Å². The molecule has 2 heterocycles.